The minimum atomic E-state index is -2.17. The average Bonchev–Trinajstić information content (AvgIpc) is 2.08. The van der Waals surface area contributed by atoms with E-state index in [-0.39, 0.29) is 59.6 Å². The Morgan fingerprint density at radius 3 is 0.207 bits per heavy atom. The molecule has 0 rings (SSSR count). The molecule has 0 aromatic carbocycles. The largest absolute Gasteiger partial charge is 0.631 e. The summed E-state index contributed by atoms with van der Waals surface area (Å²) in [5.41, 5.74) is 0. The van der Waals surface area contributed by atoms with Gasteiger partial charge in [-0.05, 0) is 0 Å². The van der Waals surface area contributed by atoms with Crippen molar-refractivity contribution in [3.8, 4) is 0 Å². The first kappa shape index (κ1) is 69.9. The van der Waals surface area contributed by atoms with E-state index in [9.17, 15) is 0 Å². The first-order chi connectivity index (χ1) is 10.4. The third-order valence-corrected chi connectivity index (χ3v) is 0. The summed E-state index contributed by atoms with van der Waals surface area (Å²) in [4.78, 5) is 0. The van der Waals surface area contributed by atoms with Gasteiger partial charge in [0.25, 0.3) is 0 Å². The van der Waals surface area contributed by atoms with Crippen molar-refractivity contribution >= 4 is 81.7 Å². The van der Waals surface area contributed by atoms with Gasteiger partial charge in [-0.25, -0.2) is 0 Å². The average molecular weight is 483 g/mol. The maximum Gasteiger partial charge on any atom is 0.631 e. The van der Waals surface area contributed by atoms with Gasteiger partial charge in [0, 0.05) is 37.7 Å². The van der Waals surface area contributed by atoms with Crippen LogP contribution in [0.4, 0.5) is 0 Å². The number of rotatable bonds is 0. The van der Waals surface area contributed by atoms with E-state index in [2.05, 4.69) is 0 Å². The Morgan fingerprint density at radius 2 is 0.207 bits per heavy atom. The van der Waals surface area contributed by atoms with E-state index < -0.39 is 43.9 Å². The second-order valence-electron chi connectivity index (χ2n) is 2.08. The molecule has 0 saturated carbocycles. The van der Waals surface area contributed by atoms with Gasteiger partial charge in [0.1, 0.15) is 0 Å². The summed E-state index contributed by atoms with van der Waals surface area (Å²) in [5, 5.41) is 129. The summed E-state index contributed by atoms with van der Waals surface area (Å²) >= 11 is 0. The van der Waals surface area contributed by atoms with E-state index >= 15 is 0 Å². The second kappa shape index (κ2) is 63.0. The van der Waals surface area contributed by atoms with Crippen molar-refractivity contribution in [1.29, 1.82) is 0 Å². The summed E-state index contributed by atoms with van der Waals surface area (Å²) in [5.74, 6) is 0. The van der Waals surface area contributed by atoms with Gasteiger partial charge in [-0.2, -0.15) is 0 Å². The van der Waals surface area contributed by atoms with Crippen molar-refractivity contribution in [1.82, 2.24) is 0 Å². The maximum absolute atomic E-state index is 7.17. The SMILES string of the molecule is O.O.O.O.OB(O)O.OB(O)O.OB(O)O.OB(O)O.OB(O)O.OB(O)O.[Ca]. The van der Waals surface area contributed by atoms with Gasteiger partial charge in [0.2, 0.25) is 0 Å². The molecule has 0 heterocycles. The van der Waals surface area contributed by atoms with Crippen molar-refractivity contribution in [2.45, 2.75) is 0 Å². The molecule has 0 unspecified atom stereocenters. The minimum absolute atomic E-state index is 0. The molecule has 0 aliphatic carbocycles. The van der Waals surface area contributed by atoms with Crippen LogP contribution < -0.4 is 0 Å². The molecule has 29 heavy (non-hydrogen) atoms. The third-order valence-electron chi connectivity index (χ3n) is 0. The van der Waals surface area contributed by atoms with Gasteiger partial charge >= 0.3 is 43.9 Å². The third kappa shape index (κ3) is 34800. The van der Waals surface area contributed by atoms with E-state index in [0.717, 1.165) is 0 Å². The zero-order valence-corrected chi connectivity index (χ0v) is 16.4. The summed E-state index contributed by atoms with van der Waals surface area (Å²) in [6.45, 7) is 0. The molecule has 26 N–H and O–H groups in total. The Morgan fingerprint density at radius 1 is 0.207 bits per heavy atom. The molecule has 0 spiro atoms. The van der Waals surface area contributed by atoms with Gasteiger partial charge in [0.05, 0.1) is 0 Å². The molecule has 0 saturated heterocycles. The van der Waals surface area contributed by atoms with Crippen LogP contribution in [0.5, 0.6) is 0 Å². The first-order valence-electron chi connectivity index (χ1n) is 4.65. The van der Waals surface area contributed by atoms with Crippen molar-refractivity contribution in [2.24, 2.45) is 0 Å². The molecule has 29 heteroatoms. The van der Waals surface area contributed by atoms with Crippen LogP contribution in [0.15, 0.2) is 0 Å². The molecule has 0 bridgehead atoms. The van der Waals surface area contributed by atoms with Crippen LogP contribution in [-0.4, -0.2) is 194 Å². The van der Waals surface area contributed by atoms with E-state index in [1.54, 1.807) is 0 Å². The Kier molecular flexibility index (Phi) is 152. The molecule has 0 aliphatic rings. The van der Waals surface area contributed by atoms with Crippen molar-refractivity contribution < 1.29 is 112 Å². The van der Waals surface area contributed by atoms with Gasteiger partial charge in [-0.15, -0.1) is 0 Å². The predicted octanol–water partition coefficient (Wildman–Crippen LogP) is -16.0. The van der Waals surface area contributed by atoms with Crippen molar-refractivity contribution in [3.05, 3.63) is 0 Å². The Labute approximate surface area is 193 Å². The second-order valence-corrected chi connectivity index (χ2v) is 2.08. The molecule has 0 aromatic heterocycles. The topological polar surface area (TPSA) is 490 Å². The molecule has 0 amide bonds. The van der Waals surface area contributed by atoms with Crippen LogP contribution in [0, 0.1) is 0 Å². The molecule has 0 atom stereocenters. The van der Waals surface area contributed by atoms with E-state index in [1.807, 2.05) is 0 Å². The molecule has 178 valence electrons. The predicted molar refractivity (Wildman–Crippen MR) is 94.7 cm³/mol. The zero-order chi connectivity index (χ0) is 21.5. The Bertz CT molecular complexity index is 102. The zero-order valence-electron chi connectivity index (χ0n) is 14.2. The summed E-state index contributed by atoms with van der Waals surface area (Å²) in [6, 6.07) is 0. The molecule has 22 nitrogen and oxygen atoms in total. The minimum Gasteiger partial charge on any atom is -0.412 e. The van der Waals surface area contributed by atoms with Gasteiger partial charge < -0.3 is 112 Å². The van der Waals surface area contributed by atoms with Crippen LogP contribution in [0.2, 0.25) is 0 Å². The fourth-order valence-corrected chi connectivity index (χ4v) is 0. The first-order valence-corrected chi connectivity index (χ1v) is 4.65. The molecule has 0 aliphatic heterocycles. The standard InChI is InChI=1S/6BH3O3.Ca.4H2O/c6*2-1(3)4;;;;;/h6*2-4H;;4*1H2. The fraction of sp³-hybridized carbons (Fsp3) is 0. The summed E-state index contributed by atoms with van der Waals surface area (Å²) in [6.07, 6.45) is 0. The fourth-order valence-electron chi connectivity index (χ4n) is 0. The van der Waals surface area contributed by atoms with Crippen molar-refractivity contribution in [3.63, 3.8) is 0 Å². The van der Waals surface area contributed by atoms with E-state index in [0.29, 0.717) is 0 Å². The monoisotopic (exact) mass is 484 g/mol. The van der Waals surface area contributed by atoms with Gasteiger partial charge in [-0.3, -0.25) is 0 Å². The van der Waals surface area contributed by atoms with E-state index in [4.69, 9.17) is 90.4 Å². The quantitative estimate of drug-likeness (QED) is 0.142. The molecule has 0 fully saturated rings. The number of hydrogen-bond donors (Lipinski definition) is 18. The summed E-state index contributed by atoms with van der Waals surface area (Å²) < 4.78 is 0. The van der Waals surface area contributed by atoms with Crippen LogP contribution in [0.25, 0.3) is 0 Å². The Balaban J connectivity index is -0.0000000144. The van der Waals surface area contributed by atoms with E-state index in [1.165, 1.54) is 0 Å². The number of hydrogen-bond acceptors (Lipinski definition) is 18. The molecule has 2 radical (unpaired) electrons. The maximum atomic E-state index is 7.17. The van der Waals surface area contributed by atoms with Gasteiger partial charge in [0.15, 0.2) is 0 Å². The van der Waals surface area contributed by atoms with Crippen LogP contribution >= 0.6 is 0 Å². The normalized spacial score (nSPS) is 5.59. The van der Waals surface area contributed by atoms with Crippen LogP contribution in [-0.2, 0) is 0 Å². The summed E-state index contributed by atoms with van der Waals surface area (Å²) in [7, 11) is -13.0. The van der Waals surface area contributed by atoms with Gasteiger partial charge in [-0.1, -0.05) is 0 Å². The molecular formula is H26B6CaO22. The van der Waals surface area contributed by atoms with Crippen LogP contribution in [0.1, 0.15) is 0 Å². The Hall–Kier alpha value is 0.769. The molecular weight excluding hydrogens is 457 g/mol. The van der Waals surface area contributed by atoms with Crippen molar-refractivity contribution in [2.75, 3.05) is 0 Å². The van der Waals surface area contributed by atoms with Crippen LogP contribution in [0.3, 0.4) is 0 Å². The smallest absolute Gasteiger partial charge is 0.412 e. The molecule has 0 aromatic rings.